The van der Waals surface area contributed by atoms with Crippen LogP contribution in [0.1, 0.15) is 17.2 Å². The standard InChI is InChI=1S/C18H21NO6S/c1-19-13(8-11-9-14(24-2)18(21)15(10-11)25-3)17(20)12-6-4-5-7-16(12)26(19,22)23/h4-7,9-10,13,17,20-21H,8H2,1-3H3/t13-,17-/m0/s1. The third-order valence-electron chi connectivity index (χ3n) is 4.71. The third-order valence-corrected chi connectivity index (χ3v) is 6.67. The molecule has 140 valence electrons. The van der Waals surface area contributed by atoms with Crippen LogP contribution in [0.2, 0.25) is 0 Å². The second-order valence-electron chi connectivity index (χ2n) is 6.12. The van der Waals surface area contributed by atoms with E-state index in [0.717, 1.165) is 0 Å². The molecule has 3 rings (SSSR count). The summed E-state index contributed by atoms with van der Waals surface area (Å²) in [5, 5.41) is 20.8. The van der Waals surface area contributed by atoms with Crippen LogP contribution in [0.15, 0.2) is 41.3 Å². The monoisotopic (exact) mass is 379 g/mol. The van der Waals surface area contributed by atoms with E-state index in [4.69, 9.17) is 9.47 Å². The molecule has 0 saturated heterocycles. The van der Waals surface area contributed by atoms with Gasteiger partial charge in [0.1, 0.15) is 0 Å². The van der Waals surface area contributed by atoms with Gasteiger partial charge in [-0.05, 0) is 30.2 Å². The van der Waals surface area contributed by atoms with Gasteiger partial charge in [-0.2, -0.15) is 4.31 Å². The summed E-state index contributed by atoms with van der Waals surface area (Å²) < 4.78 is 37.0. The summed E-state index contributed by atoms with van der Waals surface area (Å²) in [6.45, 7) is 0. The van der Waals surface area contributed by atoms with Crippen LogP contribution >= 0.6 is 0 Å². The van der Waals surface area contributed by atoms with Crippen molar-refractivity contribution in [3.8, 4) is 17.2 Å². The highest BCUT2D eigenvalue weighted by Gasteiger charge is 2.41. The minimum absolute atomic E-state index is 0.118. The van der Waals surface area contributed by atoms with Crippen molar-refractivity contribution < 1.29 is 28.1 Å². The highest BCUT2D eigenvalue weighted by atomic mass is 32.2. The molecule has 0 radical (unpaired) electrons. The minimum Gasteiger partial charge on any atom is -0.502 e. The number of aliphatic hydroxyl groups is 1. The lowest BCUT2D eigenvalue weighted by Gasteiger charge is -2.37. The van der Waals surface area contributed by atoms with Gasteiger partial charge in [-0.1, -0.05) is 18.2 Å². The van der Waals surface area contributed by atoms with Crippen LogP contribution < -0.4 is 9.47 Å². The number of phenolic OH excluding ortho intramolecular Hbond substituents is 1. The first-order valence-electron chi connectivity index (χ1n) is 8.00. The summed E-state index contributed by atoms with van der Waals surface area (Å²) in [4.78, 5) is 0.118. The van der Waals surface area contributed by atoms with Gasteiger partial charge in [-0.15, -0.1) is 0 Å². The molecular weight excluding hydrogens is 358 g/mol. The number of methoxy groups -OCH3 is 2. The normalized spacial score (nSPS) is 21.8. The van der Waals surface area contributed by atoms with Gasteiger partial charge in [0.2, 0.25) is 15.8 Å². The Hall–Kier alpha value is -2.29. The molecule has 8 heteroatoms. The molecule has 1 aliphatic rings. The van der Waals surface area contributed by atoms with Gasteiger partial charge in [0.25, 0.3) is 0 Å². The number of benzene rings is 2. The first-order valence-corrected chi connectivity index (χ1v) is 9.44. The van der Waals surface area contributed by atoms with E-state index in [2.05, 4.69) is 0 Å². The molecule has 0 amide bonds. The molecule has 0 bridgehead atoms. The number of sulfonamides is 1. The summed E-state index contributed by atoms with van der Waals surface area (Å²) >= 11 is 0. The minimum atomic E-state index is -3.70. The summed E-state index contributed by atoms with van der Waals surface area (Å²) in [6, 6.07) is 8.95. The molecular formula is C18H21NO6S. The lowest BCUT2D eigenvalue weighted by Crippen LogP contribution is -2.46. The molecule has 2 aromatic rings. The smallest absolute Gasteiger partial charge is 0.243 e. The zero-order valence-corrected chi connectivity index (χ0v) is 15.5. The molecule has 26 heavy (non-hydrogen) atoms. The molecule has 1 aliphatic heterocycles. The van der Waals surface area contributed by atoms with Crippen LogP contribution in [0.25, 0.3) is 0 Å². The summed E-state index contributed by atoms with van der Waals surface area (Å²) in [5.74, 6) is 0.306. The lowest BCUT2D eigenvalue weighted by atomic mass is 9.95. The number of hydrogen-bond acceptors (Lipinski definition) is 6. The van der Waals surface area contributed by atoms with Gasteiger partial charge in [-0.3, -0.25) is 0 Å². The van der Waals surface area contributed by atoms with Gasteiger partial charge in [0, 0.05) is 12.6 Å². The largest absolute Gasteiger partial charge is 0.502 e. The number of phenols is 1. The van der Waals surface area contributed by atoms with Crippen molar-refractivity contribution in [2.75, 3.05) is 21.3 Å². The fraction of sp³-hybridized carbons (Fsp3) is 0.333. The Kier molecular flexibility index (Phi) is 4.83. The van der Waals surface area contributed by atoms with Crippen LogP contribution in [-0.4, -0.2) is 50.2 Å². The molecule has 0 saturated carbocycles. The maximum Gasteiger partial charge on any atom is 0.243 e. The van der Waals surface area contributed by atoms with Crippen molar-refractivity contribution in [2.45, 2.75) is 23.5 Å². The first-order chi connectivity index (χ1) is 12.3. The topological polar surface area (TPSA) is 96.3 Å². The molecule has 0 aromatic heterocycles. The molecule has 2 N–H and O–H groups in total. The number of rotatable bonds is 4. The second-order valence-corrected chi connectivity index (χ2v) is 8.09. The van der Waals surface area contributed by atoms with Crippen molar-refractivity contribution in [3.05, 3.63) is 47.5 Å². The number of ether oxygens (including phenoxy) is 2. The molecule has 7 nitrogen and oxygen atoms in total. The lowest BCUT2D eigenvalue weighted by molar-refractivity contribution is 0.0891. The Bertz CT molecular complexity index is 902. The fourth-order valence-corrected chi connectivity index (χ4v) is 4.84. The van der Waals surface area contributed by atoms with E-state index in [9.17, 15) is 18.6 Å². The maximum absolute atomic E-state index is 12.8. The predicted molar refractivity (Wildman–Crippen MR) is 95.1 cm³/mol. The van der Waals surface area contributed by atoms with Gasteiger partial charge >= 0.3 is 0 Å². The average molecular weight is 379 g/mol. The van der Waals surface area contributed by atoms with Crippen molar-refractivity contribution in [3.63, 3.8) is 0 Å². The molecule has 1 heterocycles. The molecule has 2 atom stereocenters. The highest BCUT2D eigenvalue weighted by molar-refractivity contribution is 7.89. The number of fused-ring (bicyclic) bond motifs is 1. The van der Waals surface area contributed by atoms with Gasteiger partial charge in [0.15, 0.2) is 11.5 Å². The summed E-state index contributed by atoms with van der Waals surface area (Å²) in [5.41, 5.74) is 1.05. The number of aromatic hydroxyl groups is 1. The van der Waals surface area contributed by atoms with E-state index in [1.54, 1.807) is 30.3 Å². The molecule has 0 fully saturated rings. The van der Waals surface area contributed by atoms with Crippen molar-refractivity contribution in [1.29, 1.82) is 0 Å². The Morgan fingerprint density at radius 3 is 2.27 bits per heavy atom. The van der Waals surface area contributed by atoms with Crippen LogP contribution in [0.5, 0.6) is 17.2 Å². The Labute approximate surface area is 152 Å². The number of likely N-dealkylation sites (N-methyl/N-ethyl adjacent to an activating group) is 1. The summed E-state index contributed by atoms with van der Waals surface area (Å²) in [6.07, 6.45) is -0.761. The Balaban J connectivity index is 2.03. The van der Waals surface area contributed by atoms with E-state index in [0.29, 0.717) is 11.1 Å². The predicted octanol–water partition coefficient (Wildman–Crippen LogP) is 1.69. The zero-order valence-electron chi connectivity index (χ0n) is 14.7. The van der Waals surface area contributed by atoms with Crippen molar-refractivity contribution >= 4 is 10.0 Å². The zero-order chi connectivity index (χ0) is 19.1. The molecule has 0 unspecified atom stereocenters. The number of aliphatic hydroxyl groups excluding tert-OH is 1. The first kappa shape index (κ1) is 18.5. The van der Waals surface area contributed by atoms with Crippen molar-refractivity contribution in [1.82, 2.24) is 4.31 Å². The number of hydrogen-bond donors (Lipinski definition) is 2. The maximum atomic E-state index is 12.8. The average Bonchev–Trinajstić information content (AvgIpc) is 2.65. The van der Waals surface area contributed by atoms with Gasteiger partial charge < -0.3 is 19.7 Å². The van der Waals surface area contributed by atoms with E-state index in [-0.39, 0.29) is 28.6 Å². The fourth-order valence-electron chi connectivity index (χ4n) is 3.25. The van der Waals surface area contributed by atoms with Crippen LogP contribution in [0, 0.1) is 0 Å². The summed E-state index contributed by atoms with van der Waals surface area (Å²) in [7, 11) is 0.586. The van der Waals surface area contributed by atoms with Crippen molar-refractivity contribution in [2.24, 2.45) is 0 Å². The van der Waals surface area contributed by atoms with E-state index < -0.39 is 22.2 Å². The second kappa shape index (κ2) is 6.79. The Morgan fingerprint density at radius 2 is 1.69 bits per heavy atom. The van der Waals surface area contributed by atoms with Gasteiger partial charge in [0.05, 0.1) is 31.3 Å². The van der Waals surface area contributed by atoms with E-state index in [1.807, 2.05) is 0 Å². The van der Waals surface area contributed by atoms with Gasteiger partial charge in [-0.25, -0.2) is 8.42 Å². The van der Waals surface area contributed by atoms with E-state index >= 15 is 0 Å². The molecule has 2 aromatic carbocycles. The highest BCUT2D eigenvalue weighted by Crippen LogP contribution is 2.40. The quantitative estimate of drug-likeness (QED) is 0.839. The number of nitrogens with zero attached hydrogens (tertiary/aromatic N) is 1. The van der Waals surface area contributed by atoms with Crippen LogP contribution in [0.4, 0.5) is 0 Å². The molecule has 0 spiro atoms. The Morgan fingerprint density at radius 1 is 1.12 bits per heavy atom. The van der Waals surface area contributed by atoms with Crippen LogP contribution in [-0.2, 0) is 16.4 Å². The molecule has 0 aliphatic carbocycles. The van der Waals surface area contributed by atoms with E-state index in [1.165, 1.54) is 31.6 Å². The third kappa shape index (κ3) is 2.90. The van der Waals surface area contributed by atoms with Crippen LogP contribution in [0.3, 0.4) is 0 Å². The SMILES string of the molecule is COc1cc(C[C@H]2[C@@H](O)c3ccccc3S(=O)(=O)N2C)cc(OC)c1O.